The van der Waals surface area contributed by atoms with E-state index in [1.807, 2.05) is 0 Å². The highest BCUT2D eigenvalue weighted by atomic mass is 28.5. The van der Waals surface area contributed by atoms with Gasteiger partial charge in [-0.05, 0) is 73.4 Å². The van der Waals surface area contributed by atoms with Gasteiger partial charge in [-0.3, -0.25) is 0 Å². The molecule has 0 atom stereocenters. The first-order valence-corrected chi connectivity index (χ1v) is 28.7. The molecule has 0 aliphatic heterocycles. The molecule has 0 amide bonds. The van der Waals surface area contributed by atoms with Crippen LogP contribution in [0.3, 0.4) is 0 Å². The molecule has 0 saturated carbocycles. The van der Waals surface area contributed by atoms with Crippen molar-refractivity contribution in [3.8, 4) is 0 Å². The highest BCUT2D eigenvalue weighted by Gasteiger charge is 2.54. The van der Waals surface area contributed by atoms with Gasteiger partial charge in [0.15, 0.2) is 25.0 Å². The third kappa shape index (κ3) is 12.6. The fraction of sp³-hybridized carbons (Fsp3) is 1.00. The van der Waals surface area contributed by atoms with Crippen LogP contribution in [-0.4, -0.2) is 56.5 Å². The number of hydrogen-bond donors (Lipinski definition) is 0. The van der Waals surface area contributed by atoms with Crippen LogP contribution in [0.5, 0.6) is 0 Å². The van der Waals surface area contributed by atoms with E-state index in [9.17, 15) is 0 Å². The predicted octanol–water partition coefficient (Wildman–Crippen LogP) is 10.7. The van der Waals surface area contributed by atoms with Crippen LogP contribution in [0, 0.1) is 0 Å². The molecule has 0 saturated heterocycles. The van der Waals surface area contributed by atoms with Gasteiger partial charge in [0.05, 0.1) is 0 Å². The first-order valence-electron chi connectivity index (χ1n) is 16.7. The third-order valence-corrected chi connectivity index (χ3v) is 34.6. The van der Waals surface area contributed by atoms with E-state index in [4.69, 9.17) is 21.2 Å². The summed E-state index contributed by atoms with van der Waals surface area (Å²) < 4.78 is 34.1. The highest BCUT2D eigenvalue weighted by Crippen LogP contribution is 2.39. The SMILES string of the molecule is CC[Si](CC)(CC)O[Si](CCCCCCCC[Si](C)(OC)OC)(O[Si](CC)(CC)CC)O[Si](CC)(CC)CC. The van der Waals surface area contributed by atoms with Crippen LogP contribution in [0.15, 0.2) is 0 Å². The van der Waals surface area contributed by atoms with Crippen LogP contribution < -0.4 is 0 Å². The smallest absolute Gasteiger partial charge is 0.416 e. The van der Waals surface area contributed by atoms with Crippen molar-refractivity contribution in [3.63, 3.8) is 0 Å². The van der Waals surface area contributed by atoms with Crippen molar-refractivity contribution in [2.75, 3.05) is 14.2 Å². The lowest BCUT2D eigenvalue weighted by molar-refractivity contribution is 0.237. The molecule has 0 N–H and O–H groups in total. The highest BCUT2D eigenvalue weighted by molar-refractivity contribution is 6.92. The molecule has 0 rings (SSSR count). The minimum Gasteiger partial charge on any atom is -0.416 e. The van der Waals surface area contributed by atoms with Crippen LogP contribution in [-0.2, 0) is 21.2 Å². The van der Waals surface area contributed by atoms with E-state index < -0.39 is 42.3 Å². The lowest BCUT2D eigenvalue weighted by Gasteiger charge is -2.48. The van der Waals surface area contributed by atoms with Crippen molar-refractivity contribution < 1.29 is 21.2 Å². The van der Waals surface area contributed by atoms with Crippen molar-refractivity contribution in [3.05, 3.63) is 0 Å². The van der Waals surface area contributed by atoms with Crippen LogP contribution in [0.1, 0.15) is 101 Å². The Morgan fingerprint density at radius 2 is 0.641 bits per heavy atom. The quantitative estimate of drug-likeness (QED) is 0.0696. The normalized spacial score (nSPS) is 13.8. The second-order valence-corrected chi connectivity index (χ2v) is 33.2. The second-order valence-electron chi connectivity index (χ2n) is 11.9. The minimum atomic E-state index is -2.84. The summed E-state index contributed by atoms with van der Waals surface area (Å²) >= 11 is 0. The topological polar surface area (TPSA) is 46.2 Å². The van der Waals surface area contributed by atoms with Gasteiger partial charge in [-0.2, -0.15) is 0 Å². The van der Waals surface area contributed by atoms with Crippen molar-refractivity contribution in [2.24, 2.45) is 0 Å². The van der Waals surface area contributed by atoms with E-state index in [1.54, 1.807) is 14.2 Å². The monoisotopic (exact) mass is 638 g/mol. The maximum absolute atomic E-state index is 7.58. The zero-order valence-corrected chi connectivity index (χ0v) is 33.6. The van der Waals surface area contributed by atoms with Crippen LogP contribution in [0.4, 0.5) is 0 Å². The summed E-state index contributed by atoms with van der Waals surface area (Å²) in [6.45, 7) is 23.4. The predicted molar refractivity (Wildman–Crippen MR) is 184 cm³/mol. The van der Waals surface area contributed by atoms with Gasteiger partial charge in [0.25, 0.3) is 0 Å². The zero-order chi connectivity index (χ0) is 30.1. The molecule has 0 spiro atoms. The summed E-state index contributed by atoms with van der Waals surface area (Å²) in [7, 11) is -6.89. The van der Waals surface area contributed by atoms with Gasteiger partial charge in [-0.25, -0.2) is 0 Å². The molecule has 0 heterocycles. The molecule has 39 heavy (non-hydrogen) atoms. The second kappa shape index (κ2) is 20.0. The van der Waals surface area contributed by atoms with Crippen LogP contribution >= 0.6 is 0 Å². The Hall–Kier alpha value is 0.884. The molecule has 0 aromatic rings. The fourth-order valence-electron chi connectivity index (χ4n) is 5.89. The number of hydrogen-bond acceptors (Lipinski definition) is 5. The minimum absolute atomic E-state index is 1.02. The Bertz CT molecular complexity index is 529. The molecule has 0 radical (unpaired) electrons. The molecule has 0 bridgehead atoms. The van der Waals surface area contributed by atoms with Gasteiger partial charge in [0.2, 0.25) is 0 Å². The molecule has 0 fully saturated rings. The number of unbranched alkanes of at least 4 members (excludes halogenated alkanes) is 5. The average molecular weight is 639 g/mol. The van der Waals surface area contributed by atoms with Crippen LogP contribution in [0.25, 0.3) is 0 Å². The molecule has 0 aliphatic rings. The van der Waals surface area contributed by atoms with Gasteiger partial charge in [-0.15, -0.1) is 0 Å². The average Bonchev–Trinajstić information content (AvgIpc) is 2.99. The summed E-state index contributed by atoms with van der Waals surface area (Å²) in [5.41, 5.74) is 0. The molecule has 0 aliphatic carbocycles. The molecule has 10 heteroatoms. The maximum atomic E-state index is 7.58. The van der Waals surface area contributed by atoms with Gasteiger partial charge in [0.1, 0.15) is 0 Å². The molecule has 236 valence electrons. The molecule has 0 aromatic heterocycles. The van der Waals surface area contributed by atoms with Gasteiger partial charge in [-0.1, -0.05) is 94.4 Å². The molecule has 0 aromatic carbocycles. The van der Waals surface area contributed by atoms with Crippen molar-refractivity contribution in [1.29, 1.82) is 0 Å². The summed E-state index contributed by atoms with van der Waals surface area (Å²) in [6, 6.07) is 12.5. The summed E-state index contributed by atoms with van der Waals surface area (Å²) in [5, 5.41) is 0. The zero-order valence-electron chi connectivity index (χ0n) is 28.6. The van der Waals surface area contributed by atoms with E-state index in [0.717, 1.165) is 66.5 Å². The Morgan fingerprint density at radius 1 is 0.385 bits per heavy atom. The third-order valence-electron chi connectivity index (χ3n) is 10.1. The van der Waals surface area contributed by atoms with Gasteiger partial charge in [0, 0.05) is 20.3 Å². The summed E-state index contributed by atoms with van der Waals surface area (Å²) in [6.07, 6.45) is 7.42. The Morgan fingerprint density at radius 3 is 0.897 bits per heavy atom. The van der Waals surface area contributed by atoms with Crippen molar-refractivity contribution in [1.82, 2.24) is 0 Å². The Labute approximate surface area is 250 Å². The van der Waals surface area contributed by atoms with E-state index in [2.05, 4.69) is 68.9 Å². The van der Waals surface area contributed by atoms with Crippen molar-refractivity contribution in [2.45, 2.75) is 174 Å². The maximum Gasteiger partial charge on any atom is 0.469 e. The summed E-state index contributed by atoms with van der Waals surface area (Å²) in [4.78, 5) is 0. The van der Waals surface area contributed by atoms with Crippen molar-refractivity contribution >= 4 is 42.3 Å². The first kappa shape index (κ1) is 39.9. The Kier molecular flexibility index (Phi) is 20.4. The van der Waals surface area contributed by atoms with E-state index in [1.165, 1.54) is 38.5 Å². The molecular formula is C29H70O5Si5. The van der Waals surface area contributed by atoms with Gasteiger partial charge >= 0.3 is 17.4 Å². The Balaban J connectivity index is 5.91. The van der Waals surface area contributed by atoms with E-state index in [0.29, 0.717) is 0 Å². The lowest BCUT2D eigenvalue weighted by Crippen LogP contribution is -2.64. The van der Waals surface area contributed by atoms with Gasteiger partial charge < -0.3 is 21.2 Å². The largest absolute Gasteiger partial charge is 0.469 e. The van der Waals surface area contributed by atoms with E-state index >= 15 is 0 Å². The number of rotatable bonds is 26. The first-order chi connectivity index (χ1) is 18.5. The standard InChI is InChI=1S/C29H70O5Si5/c1-13-36(14-2,15-3)32-39(33-37(16-4,17-5)18-6,34-38(19-7,20-8)21-9)29-27-25-23-22-24-26-28-35(12,30-10)31-11/h13-29H2,1-12H3. The van der Waals surface area contributed by atoms with Crippen LogP contribution in [0.2, 0.25) is 73.0 Å². The molecular weight excluding hydrogens is 569 g/mol. The molecule has 5 nitrogen and oxygen atoms in total. The fourth-order valence-corrected chi connectivity index (χ4v) is 28.5. The lowest BCUT2D eigenvalue weighted by atomic mass is 10.1. The molecule has 0 unspecified atom stereocenters. The van der Waals surface area contributed by atoms with E-state index in [-0.39, 0.29) is 0 Å². The summed E-state index contributed by atoms with van der Waals surface area (Å²) in [5.74, 6) is 0.